The smallest absolute Gasteiger partial charge is 0.395 e. The van der Waals surface area contributed by atoms with Gasteiger partial charge in [-0.1, -0.05) is 17.7 Å². The van der Waals surface area contributed by atoms with E-state index < -0.39 is 12.8 Å². The van der Waals surface area contributed by atoms with Crippen LogP contribution in [0.15, 0.2) is 11.6 Å². The highest BCUT2D eigenvalue weighted by molar-refractivity contribution is 6.25. The van der Waals surface area contributed by atoms with Gasteiger partial charge in [0.25, 0.3) is 0 Å². The molecule has 0 radical (unpaired) electrons. The highest BCUT2D eigenvalue weighted by Gasteiger charge is 2.27. The molecular weight excluding hydrogens is 247 g/mol. The summed E-state index contributed by atoms with van der Waals surface area (Å²) in [5.41, 5.74) is 1.32. The highest BCUT2D eigenvalue weighted by Crippen LogP contribution is 2.14. The van der Waals surface area contributed by atoms with Gasteiger partial charge >= 0.3 is 6.18 Å². The Labute approximate surface area is 97.4 Å². The number of nitrogens with zero attached hydrogens (tertiary/aromatic N) is 1. The van der Waals surface area contributed by atoms with Crippen LogP contribution in [-0.2, 0) is 4.74 Å². The zero-order chi connectivity index (χ0) is 12.4. The van der Waals surface area contributed by atoms with E-state index in [1.165, 1.54) is 5.54 Å². The fourth-order valence-corrected chi connectivity index (χ4v) is 1.09. The van der Waals surface area contributed by atoms with Crippen LogP contribution < -0.4 is 0 Å². The van der Waals surface area contributed by atoms with Crippen molar-refractivity contribution in [3.05, 3.63) is 11.6 Å². The molecule has 0 aliphatic rings. The molecule has 0 fully saturated rings. The van der Waals surface area contributed by atoms with Crippen molar-refractivity contribution < 1.29 is 23.0 Å². The second-order valence-corrected chi connectivity index (χ2v) is 3.31. The standard InChI is InChI=1S/C9H15ClF3NO2/c10-2-1-3-14(4-6-15)5-7-16-8-9(11,12)13/h1-2,15H,3-8H2/b2-1+. The molecule has 0 aromatic rings. The molecule has 0 bridgehead atoms. The predicted molar refractivity (Wildman–Crippen MR) is 55.4 cm³/mol. The number of ether oxygens (including phenoxy) is 1. The van der Waals surface area contributed by atoms with Crippen LogP contribution in [-0.4, -0.2) is 55.6 Å². The Morgan fingerprint density at radius 2 is 2.00 bits per heavy atom. The lowest BCUT2D eigenvalue weighted by atomic mass is 10.4. The summed E-state index contributed by atoms with van der Waals surface area (Å²) in [7, 11) is 0. The van der Waals surface area contributed by atoms with Gasteiger partial charge in [0, 0.05) is 25.2 Å². The maximum absolute atomic E-state index is 11.7. The number of rotatable bonds is 8. The number of aliphatic hydroxyl groups is 1. The largest absolute Gasteiger partial charge is 0.411 e. The van der Waals surface area contributed by atoms with Crippen LogP contribution in [0.2, 0.25) is 0 Å². The molecule has 96 valence electrons. The highest BCUT2D eigenvalue weighted by atomic mass is 35.5. The lowest BCUT2D eigenvalue weighted by Gasteiger charge is -2.19. The lowest BCUT2D eigenvalue weighted by molar-refractivity contribution is -0.174. The topological polar surface area (TPSA) is 32.7 Å². The molecule has 0 saturated heterocycles. The second-order valence-electron chi connectivity index (χ2n) is 3.05. The van der Waals surface area contributed by atoms with Crippen molar-refractivity contribution in [2.45, 2.75) is 6.18 Å². The van der Waals surface area contributed by atoms with Crippen LogP contribution in [0.25, 0.3) is 0 Å². The molecule has 0 unspecified atom stereocenters. The van der Waals surface area contributed by atoms with Gasteiger partial charge < -0.3 is 9.84 Å². The third kappa shape index (κ3) is 10.2. The molecule has 3 nitrogen and oxygen atoms in total. The first-order valence-corrected chi connectivity index (χ1v) is 5.16. The van der Waals surface area contributed by atoms with Crippen molar-refractivity contribution in [2.24, 2.45) is 0 Å². The summed E-state index contributed by atoms with van der Waals surface area (Å²) in [6.45, 7) is -0.176. The number of hydrogen-bond donors (Lipinski definition) is 1. The van der Waals surface area contributed by atoms with E-state index in [1.54, 1.807) is 11.0 Å². The molecular formula is C9H15ClF3NO2. The summed E-state index contributed by atoms with van der Waals surface area (Å²) in [5.74, 6) is 0. The summed E-state index contributed by atoms with van der Waals surface area (Å²) in [5, 5.41) is 8.70. The summed E-state index contributed by atoms with van der Waals surface area (Å²) in [6, 6.07) is 0. The van der Waals surface area contributed by atoms with Gasteiger partial charge in [-0.15, -0.1) is 0 Å². The van der Waals surface area contributed by atoms with Crippen LogP contribution in [0.1, 0.15) is 0 Å². The molecule has 0 amide bonds. The number of aliphatic hydroxyl groups excluding tert-OH is 1. The third-order valence-electron chi connectivity index (χ3n) is 1.69. The van der Waals surface area contributed by atoms with E-state index >= 15 is 0 Å². The first kappa shape index (κ1) is 15.7. The molecule has 0 saturated carbocycles. The third-order valence-corrected chi connectivity index (χ3v) is 1.86. The van der Waals surface area contributed by atoms with Gasteiger partial charge in [-0.2, -0.15) is 13.2 Å². The average Bonchev–Trinajstić information content (AvgIpc) is 2.19. The van der Waals surface area contributed by atoms with Crippen LogP contribution in [0.4, 0.5) is 13.2 Å². The molecule has 0 aliphatic carbocycles. The monoisotopic (exact) mass is 261 g/mol. The Morgan fingerprint density at radius 1 is 1.31 bits per heavy atom. The molecule has 7 heteroatoms. The van der Waals surface area contributed by atoms with Crippen molar-refractivity contribution >= 4 is 11.6 Å². The molecule has 0 atom stereocenters. The maximum atomic E-state index is 11.7. The first-order chi connectivity index (χ1) is 7.49. The number of halogens is 4. The van der Waals surface area contributed by atoms with Crippen molar-refractivity contribution in [2.75, 3.05) is 39.5 Å². The lowest BCUT2D eigenvalue weighted by Crippen LogP contribution is -2.31. The summed E-state index contributed by atoms with van der Waals surface area (Å²) in [4.78, 5) is 1.73. The van der Waals surface area contributed by atoms with E-state index in [9.17, 15) is 13.2 Å². The number of hydrogen-bond acceptors (Lipinski definition) is 3. The zero-order valence-corrected chi connectivity index (χ0v) is 9.47. The van der Waals surface area contributed by atoms with E-state index in [0.717, 1.165) is 0 Å². The molecule has 0 heterocycles. The minimum atomic E-state index is -4.29. The fourth-order valence-electron chi connectivity index (χ4n) is 1.01. The normalized spacial score (nSPS) is 12.9. The van der Waals surface area contributed by atoms with E-state index in [0.29, 0.717) is 19.6 Å². The Morgan fingerprint density at radius 3 is 2.50 bits per heavy atom. The average molecular weight is 262 g/mol. The number of alkyl halides is 3. The minimum Gasteiger partial charge on any atom is -0.395 e. The second kappa shape index (κ2) is 8.81. The molecule has 0 aromatic heterocycles. The van der Waals surface area contributed by atoms with E-state index in [2.05, 4.69) is 4.74 Å². The Bertz CT molecular complexity index is 200. The van der Waals surface area contributed by atoms with Gasteiger partial charge in [0.15, 0.2) is 0 Å². The van der Waals surface area contributed by atoms with Crippen LogP contribution in [0.3, 0.4) is 0 Å². The summed E-state index contributed by atoms with van der Waals surface area (Å²) in [6.07, 6.45) is -2.65. The fraction of sp³-hybridized carbons (Fsp3) is 0.778. The SMILES string of the molecule is OCCN(C/C=C/Cl)CCOCC(F)(F)F. The van der Waals surface area contributed by atoms with Crippen LogP contribution >= 0.6 is 11.6 Å². The molecule has 0 rings (SSSR count). The van der Waals surface area contributed by atoms with Crippen LogP contribution in [0.5, 0.6) is 0 Å². The molecule has 1 N–H and O–H groups in total. The Hall–Kier alpha value is -0.300. The molecule has 16 heavy (non-hydrogen) atoms. The van der Waals surface area contributed by atoms with Gasteiger partial charge in [0.1, 0.15) is 6.61 Å². The zero-order valence-electron chi connectivity index (χ0n) is 8.71. The Kier molecular flexibility index (Phi) is 8.64. The molecule has 0 aromatic carbocycles. The van der Waals surface area contributed by atoms with E-state index in [-0.39, 0.29) is 13.2 Å². The van der Waals surface area contributed by atoms with Gasteiger partial charge in [-0.25, -0.2) is 0 Å². The van der Waals surface area contributed by atoms with Crippen molar-refractivity contribution in [3.8, 4) is 0 Å². The summed E-state index contributed by atoms with van der Waals surface area (Å²) < 4.78 is 39.6. The molecule has 0 aliphatic heterocycles. The van der Waals surface area contributed by atoms with Gasteiger partial charge in [0.2, 0.25) is 0 Å². The molecule has 0 spiro atoms. The van der Waals surface area contributed by atoms with E-state index in [1.807, 2.05) is 0 Å². The first-order valence-electron chi connectivity index (χ1n) is 4.72. The minimum absolute atomic E-state index is 0.0321. The quantitative estimate of drug-likeness (QED) is 0.674. The summed E-state index contributed by atoms with van der Waals surface area (Å²) >= 11 is 5.32. The maximum Gasteiger partial charge on any atom is 0.411 e. The van der Waals surface area contributed by atoms with Crippen molar-refractivity contribution in [3.63, 3.8) is 0 Å². The van der Waals surface area contributed by atoms with Gasteiger partial charge in [0.05, 0.1) is 13.2 Å². The van der Waals surface area contributed by atoms with Gasteiger partial charge in [-0.3, -0.25) is 4.90 Å². The van der Waals surface area contributed by atoms with Crippen molar-refractivity contribution in [1.82, 2.24) is 4.90 Å². The van der Waals surface area contributed by atoms with Gasteiger partial charge in [-0.05, 0) is 0 Å². The Balaban J connectivity index is 3.67. The van der Waals surface area contributed by atoms with Crippen LogP contribution in [0, 0.1) is 0 Å². The predicted octanol–water partition coefficient (Wildman–Crippen LogP) is 1.61. The van der Waals surface area contributed by atoms with E-state index in [4.69, 9.17) is 16.7 Å². The van der Waals surface area contributed by atoms with Crippen molar-refractivity contribution in [1.29, 1.82) is 0 Å².